The van der Waals surface area contributed by atoms with Crippen molar-refractivity contribution in [3.63, 3.8) is 0 Å². The van der Waals surface area contributed by atoms with Gasteiger partial charge >= 0.3 is 0 Å². The number of nitrogens with zero attached hydrogens (tertiary/aromatic N) is 3. The summed E-state index contributed by atoms with van der Waals surface area (Å²) in [5.74, 6) is 0.402. The largest absolute Gasteiger partial charge is 0.481 e. The Bertz CT molecular complexity index is 1360. The van der Waals surface area contributed by atoms with Crippen LogP contribution < -0.4 is 15.6 Å². The molecule has 0 aliphatic carbocycles. The number of aromatic nitrogens is 3. The molecule has 176 valence electrons. The van der Waals surface area contributed by atoms with Crippen LogP contribution in [0.1, 0.15) is 23.7 Å². The predicted molar refractivity (Wildman–Crippen MR) is 137 cm³/mol. The molecule has 1 amide bonds. The van der Waals surface area contributed by atoms with Crippen molar-refractivity contribution in [2.75, 3.05) is 6.54 Å². The summed E-state index contributed by atoms with van der Waals surface area (Å²) in [7, 11) is 0. The Balaban J connectivity index is 1.39. The number of nitrogens with one attached hydrogen (secondary N) is 1. The summed E-state index contributed by atoms with van der Waals surface area (Å²) in [6.07, 6.45) is -0.659. The van der Waals surface area contributed by atoms with E-state index < -0.39 is 6.10 Å². The van der Waals surface area contributed by atoms with Crippen molar-refractivity contribution < 1.29 is 9.53 Å². The van der Waals surface area contributed by atoms with E-state index in [0.717, 1.165) is 26.0 Å². The van der Waals surface area contributed by atoms with Crippen LogP contribution in [0.2, 0.25) is 0 Å². The van der Waals surface area contributed by atoms with Gasteiger partial charge in [0.25, 0.3) is 11.5 Å². The number of aryl methyl sites for hydroxylation is 3. The van der Waals surface area contributed by atoms with E-state index in [2.05, 4.69) is 15.4 Å². The number of benzene rings is 1. The van der Waals surface area contributed by atoms with E-state index in [-0.39, 0.29) is 24.6 Å². The van der Waals surface area contributed by atoms with E-state index in [9.17, 15) is 9.59 Å². The Morgan fingerprint density at radius 1 is 1.15 bits per heavy atom. The summed E-state index contributed by atoms with van der Waals surface area (Å²) in [5, 5.41) is 10.3. The average Bonchev–Trinajstić information content (AvgIpc) is 3.47. The summed E-state index contributed by atoms with van der Waals surface area (Å²) in [6, 6.07) is 13.0. The molecule has 4 aromatic rings. The highest BCUT2D eigenvalue weighted by molar-refractivity contribution is 7.23. The van der Waals surface area contributed by atoms with E-state index in [0.29, 0.717) is 11.4 Å². The van der Waals surface area contributed by atoms with E-state index in [1.165, 1.54) is 16.3 Å². The van der Waals surface area contributed by atoms with Crippen LogP contribution in [0.3, 0.4) is 0 Å². The van der Waals surface area contributed by atoms with Crippen molar-refractivity contribution in [2.45, 2.75) is 40.3 Å². The van der Waals surface area contributed by atoms with Gasteiger partial charge in [-0.3, -0.25) is 9.59 Å². The standard InChI is InChI=1S/C25H26N4O3S2/c1-15-7-8-19(14-16(15)2)32-18(4)24(31)26-11-12-29-22(30)10-9-20(28-29)23-17(3)27-25(34-23)21-6-5-13-33-21/h5-10,13-14,18H,11-12H2,1-4H3,(H,26,31). The van der Waals surface area contributed by atoms with E-state index >= 15 is 0 Å². The van der Waals surface area contributed by atoms with E-state index in [1.807, 2.05) is 56.5 Å². The molecule has 0 spiro atoms. The fourth-order valence-electron chi connectivity index (χ4n) is 3.34. The zero-order valence-electron chi connectivity index (χ0n) is 19.5. The van der Waals surface area contributed by atoms with Crippen LogP contribution >= 0.6 is 22.7 Å². The Labute approximate surface area is 206 Å². The molecule has 1 atom stereocenters. The molecule has 3 aromatic heterocycles. The van der Waals surface area contributed by atoms with Gasteiger partial charge < -0.3 is 10.1 Å². The van der Waals surface area contributed by atoms with Crippen LogP contribution in [0, 0.1) is 20.8 Å². The van der Waals surface area contributed by atoms with Gasteiger partial charge in [-0.15, -0.1) is 22.7 Å². The Morgan fingerprint density at radius 3 is 2.71 bits per heavy atom. The Kier molecular flexibility index (Phi) is 7.23. The Hall–Kier alpha value is -3.30. The number of hydrogen-bond donors (Lipinski definition) is 1. The van der Waals surface area contributed by atoms with Crippen molar-refractivity contribution in [2.24, 2.45) is 0 Å². The molecule has 0 saturated carbocycles. The molecule has 1 unspecified atom stereocenters. The number of ether oxygens (including phenoxy) is 1. The fraction of sp³-hybridized carbons (Fsp3) is 0.280. The van der Waals surface area contributed by atoms with E-state index in [1.54, 1.807) is 35.7 Å². The van der Waals surface area contributed by atoms with E-state index in [4.69, 9.17) is 4.74 Å². The van der Waals surface area contributed by atoms with Gasteiger partial charge in [-0.05, 0) is 68.5 Å². The highest BCUT2D eigenvalue weighted by Crippen LogP contribution is 2.35. The second kappa shape index (κ2) is 10.3. The molecule has 0 bridgehead atoms. The highest BCUT2D eigenvalue weighted by Gasteiger charge is 2.16. The van der Waals surface area contributed by atoms with Crippen LogP contribution in [0.4, 0.5) is 0 Å². The lowest BCUT2D eigenvalue weighted by atomic mass is 10.1. The fourth-order valence-corrected chi connectivity index (χ4v) is 5.17. The van der Waals surface area contributed by atoms with Gasteiger partial charge in [0.1, 0.15) is 16.5 Å². The smallest absolute Gasteiger partial charge is 0.266 e. The van der Waals surface area contributed by atoms with Crippen LogP contribution in [-0.4, -0.2) is 33.3 Å². The first kappa shape index (κ1) is 23.8. The van der Waals surface area contributed by atoms with Crippen molar-refractivity contribution in [1.82, 2.24) is 20.1 Å². The number of thiophene rings is 1. The van der Waals surface area contributed by atoms with Crippen LogP contribution in [0.25, 0.3) is 20.5 Å². The average molecular weight is 495 g/mol. The first-order valence-electron chi connectivity index (χ1n) is 10.9. The number of carbonyl (C=O) groups excluding carboxylic acids is 1. The second-order valence-corrected chi connectivity index (χ2v) is 9.93. The number of amides is 1. The molecule has 3 heterocycles. The van der Waals surface area contributed by atoms with Gasteiger partial charge in [0.2, 0.25) is 0 Å². The lowest BCUT2D eigenvalue weighted by Gasteiger charge is -2.16. The molecule has 34 heavy (non-hydrogen) atoms. The van der Waals surface area contributed by atoms with Crippen LogP contribution in [0.15, 0.2) is 52.6 Å². The van der Waals surface area contributed by atoms with Gasteiger partial charge in [-0.25, -0.2) is 9.67 Å². The number of thiazole rings is 1. The number of rotatable bonds is 8. The number of hydrogen-bond acceptors (Lipinski definition) is 7. The quantitative estimate of drug-likeness (QED) is 0.387. The maximum absolute atomic E-state index is 12.5. The first-order valence-corrected chi connectivity index (χ1v) is 12.6. The first-order chi connectivity index (χ1) is 16.3. The van der Waals surface area contributed by atoms with Crippen LogP contribution in [0.5, 0.6) is 5.75 Å². The SMILES string of the molecule is Cc1ccc(OC(C)C(=O)NCCn2nc(-c3sc(-c4cccs4)nc3C)ccc2=O)cc1C. The summed E-state index contributed by atoms with van der Waals surface area (Å²) in [4.78, 5) is 31.5. The van der Waals surface area contributed by atoms with Gasteiger partial charge in [0.05, 0.1) is 22.0 Å². The lowest BCUT2D eigenvalue weighted by molar-refractivity contribution is -0.127. The summed E-state index contributed by atoms with van der Waals surface area (Å²) >= 11 is 3.19. The molecule has 0 saturated heterocycles. The summed E-state index contributed by atoms with van der Waals surface area (Å²) in [6.45, 7) is 8.19. The molecule has 1 aromatic carbocycles. The minimum atomic E-state index is -0.659. The molecule has 0 aliphatic rings. The third-order valence-electron chi connectivity index (χ3n) is 5.41. The topological polar surface area (TPSA) is 86.1 Å². The number of carbonyl (C=O) groups is 1. The highest BCUT2D eigenvalue weighted by atomic mass is 32.1. The van der Waals surface area contributed by atoms with Gasteiger partial charge in [0, 0.05) is 12.6 Å². The van der Waals surface area contributed by atoms with Gasteiger partial charge in [-0.2, -0.15) is 5.10 Å². The molecule has 0 aliphatic heterocycles. The van der Waals surface area contributed by atoms with Crippen molar-refractivity contribution in [3.8, 4) is 26.2 Å². The van der Waals surface area contributed by atoms with Crippen molar-refractivity contribution in [3.05, 3.63) is 75.0 Å². The minimum absolute atomic E-state index is 0.224. The maximum Gasteiger partial charge on any atom is 0.266 e. The molecular formula is C25H26N4O3S2. The molecule has 0 fully saturated rings. The monoisotopic (exact) mass is 494 g/mol. The van der Waals surface area contributed by atoms with Crippen molar-refractivity contribution in [1.29, 1.82) is 0 Å². The maximum atomic E-state index is 12.5. The molecule has 7 nitrogen and oxygen atoms in total. The normalized spacial score (nSPS) is 11.9. The second-order valence-electron chi connectivity index (χ2n) is 7.99. The lowest BCUT2D eigenvalue weighted by Crippen LogP contribution is -2.39. The van der Waals surface area contributed by atoms with Gasteiger partial charge in [-0.1, -0.05) is 12.1 Å². The van der Waals surface area contributed by atoms with Crippen molar-refractivity contribution >= 4 is 28.6 Å². The third kappa shape index (κ3) is 5.43. The molecule has 0 radical (unpaired) electrons. The predicted octanol–water partition coefficient (Wildman–Crippen LogP) is 4.60. The van der Waals surface area contributed by atoms with Crippen LogP contribution in [-0.2, 0) is 11.3 Å². The zero-order chi connectivity index (χ0) is 24.2. The minimum Gasteiger partial charge on any atom is -0.481 e. The van der Waals surface area contributed by atoms with Gasteiger partial charge in [0.15, 0.2) is 6.10 Å². The molecule has 1 N–H and O–H groups in total. The molecular weight excluding hydrogens is 468 g/mol. The third-order valence-corrected chi connectivity index (χ3v) is 7.63. The summed E-state index contributed by atoms with van der Waals surface area (Å²) in [5.41, 5.74) is 3.61. The molecule has 4 rings (SSSR count). The Morgan fingerprint density at radius 2 is 1.97 bits per heavy atom. The molecule has 9 heteroatoms. The zero-order valence-corrected chi connectivity index (χ0v) is 21.1. The summed E-state index contributed by atoms with van der Waals surface area (Å²) < 4.78 is 7.13.